The molecular weight excluding hydrogens is 316 g/mol. The third kappa shape index (κ3) is 2.81. The molecule has 0 spiro atoms. The molecule has 2 aliphatic rings. The standard InChI is InChI=1S/C19H22N4O2/c1-19(2)17-15(11-20-23(17)21-18(25)14-8-9-14)12-22(19)16(24)10-13-6-4-3-5-7-13/h3-7,11,14H,8-10,12H2,1-2H3,(H,21,25). The average Bonchev–Trinajstić information content (AvgIpc) is 3.29. The first-order valence-electron chi connectivity index (χ1n) is 8.69. The van der Waals surface area contributed by atoms with Crippen molar-refractivity contribution in [3.63, 3.8) is 0 Å². The van der Waals surface area contributed by atoms with Crippen LogP contribution in [0.25, 0.3) is 0 Å². The lowest BCUT2D eigenvalue weighted by atomic mass is 10.00. The normalized spacial score (nSPS) is 18.1. The first-order chi connectivity index (χ1) is 12.0. The molecule has 1 aromatic heterocycles. The number of carbonyl (C=O) groups is 2. The number of nitrogens with zero attached hydrogens (tertiary/aromatic N) is 3. The van der Waals surface area contributed by atoms with Crippen molar-refractivity contribution in [3.8, 4) is 0 Å². The summed E-state index contributed by atoms with van der Waals surface area (Å²) in [5, 5.41) is 4.31. The van der Waals surface area contributed by atoms with Gasteiger partial charge in [-0.25, -0.2) is 5.43 Å². The van der Waals surface area contributed by atoms with Gasteiger partial charge in [0.1, 0.15) is 0 Å². The summed E-state index contributed by atoms with van der Waals surface area (Å²) in [4.78, 5) is 28.4. The summed E-state index contributed by atoms with van der Waals surface area (Å²) in [5.41, 5.74) is 5.24. The highest BCUT2D eigenvalue weighted by Crippen LogP contribution is 2.39. The van der Waals surface area contributed by atoms with Crippen molar-refractivity contribution >= 4 is 11.8 Å². The van der Waals surface area contributed by atoms with Crippen LogP contribution in [0.3, 0.4) is 0 Å². The molecule has 1 fully saturated rings. The Morgan fingerprint density at radius 2 is 1.96 bits per heavy atom. The van der Waals surface area contributed by atoms with Crippen molar-refractivity contribution in [1.82, 2.24) is 14.8 Å². The van der Waals surface area contributed by atoms with Crippen LogP contribution in [-0.2, 0) is 28.1 Å². The maximum Gasteiger partial charge on any atom is 0.243 e. The van der Waals surface area contributed by atoms with Gasteiger partial charge < -0.3 is 4.90 Å². The highest BCUT2D eigenvalue weighted by atomic mass is 16.2. The zero-order valence-corrected chi connectivity index (χ0v) is 14.5. The Morgan fingerprint density at radius 1 is 1.24 bits per heavy atom. The number of fused-ring (bicyclic) bond motifs is 1. The lowest BCUT2D eigenvalue weighted by molar-refractivity contribution is -0.136. The summed E-state index contributed by atoms with van der Waals surface area (Å²) in [6.45, 7) is 4.53. The quantitative estimate of drug-likeness (QED) is 0.929. The molecule has 6 heteroatoms. The van der Waals surface area contributed by atoms with E-state index >= 15 is 0 Å². The predicted octanol–water partition coefficient (Wildman–Crippen LogP) is 2.18. The molecule has 0 saturated heterocycles. The first-order valence-corrected chi connectivity index (χ1v) is 8.69. The Hall–Kier alpha value is -2.63. The van der Waals surface area contributed by atoms with Gasteiger partial charge in [-0.05, 0) is 32.3 Å². The molecule has 130 valence electrons. The van der Waals surface area contributed by atoms with E-state index in [0.717, 1.165) is 29.7 Å². The van der Waals surface area contributed by atoms with E-state index in [0.29, 0.717) is 13.0 Å². The van der Waals surface area contributed by atoms with Gasteiger partial charge in [-0.15, -0.1) is 0 Å². The summed E-state index contributed by atoms with van der Waals surface area (Å²) >= 11 is 0. The molecule has 2 amide bonds. The fourth-order valence-electron chi connectivity index (χ4n) is 3.54. The van der Waals surface area contributed by atoms with Crippen molar-refractivity contribution in [2.45, 2.75) is 45.2 Å². The van der Waals surface area contributed by atoms with Gasteiger partial charge in [0.05, 0.1) is 30.4 Å². The molecular formula is C19H22N4O2. The van der Waals surface area contributed by atoms with Crippen LogP contribution in [-0.4, -0.2) is 26.6 Å². The fraction of sp³-hybridized carbons (Fsp3) is 0.421. The first kappa shape index (κ1) is 15.9. The van der Waals surface area contributed by atoms with Crippen molar-refractivity contribution in [1.29, 1.82) is 0 Å². The van der Waals surface area contributed by atoms with Crippen LogP contribution in [0.1, 0.15) is 43.5 Å². The molecule has 25 heavy (non-hydrogen) atoms. The smallest absolute Gasteiger partial charge is 0.243 e. The van der Waals surface area contributed by atoms with E-state index in [1.165, 1.54) is 0 Å². The van der Waals surface area contributed by atoms with Crippen LogP contribution in [0.4, 0.5) is 0 Å². The van der Waals surface area contributed by atoms with Gasteiger partial charge in [0.15, 0.2) is 0 Å². The van der Waals surface area contributed by atoms with E-state index in [4.69, 9.17) is 0 Å². The number of hydrogen-bond acceptors (Lipinski definition) is 3. The van der Waals surface area contributed by atoms with Crippen LogP contribution in [0.5, 0.6) is 0 Å². The zero-order chi connectivity index (χ0) is 17.6. The SMILES string of the molecule is CC1(C)c2c(cnn2NC(=O)C2CC2)CN1C(=O)Cc1ccccc1. The fourth-order valence-corrected chi connectivity index (χ4v) is 3.54. The van der Waals surface area contributed by atoms with Gasteiger partial charge in [-0.2, -0.15) is 9.89 Å². The molecule has 0 atom stereocenters. The third-order valence-electron chi connectivity index (χ3n) is 5.09. The molecule has 1 N–H and O–H groups in total. The summed E-state index contributed by atoms with van der Waals surface area (Å²) in [7, 11) is 0. The van der Waals surface area contributed by atoms with Gasteiger partial charge in [0.2, 0.25) is 11.8 Å². The molecule has 6 nitrogen and oxygen atoms in total. The van der Waals surface area contributed by atoms with Crippen molar-refractivity contribution < 1.29 is 9.59 Å². The minimum absolute atomic E-state index is 0.00996. The molecule has 1 aliphatic carbocycles. The molecule has 4 rings (SSSR count). The van der Waals surface area contributed by atoms with E-state index in [9.17, 15) is 9.59 Å². The number of rotatable bonds is 4. The zero-order valence-electron chi connectivity index (χ0n) is 14.5. The predicted molar refractivity (Wildman–Crippen MR) is 93.0 cm³/mol. The van der Waals surface area contributed by atoms with Gasteiger partial charge in [0, 0.05) is 11.5 Å². The van der Waals surface area contributed by atoms with E-state index in [2.05, 4.69) is 10.5 Å². The van der Waals surface area contributed by atoms with Crippen LogP contribution in [0.2, 0.25) is 0 Å². The second-order valence-corrected chi connectivity index (χ2v) is 7.38. The maximum atomic E-state index is 12.9. The number of hydrogen-bond donors (Lipinski definition) is 1. The average molecular weight is 338 g/mol. The van der Waals surface area contributed by atoms with Crippen LogP contribution in [0.15, 0.2) is 36.5 Å². The van der Waals surface area contributed by atoms with E-state index in [1.54, 1.807) is 11.0 Å². The number of nitrogens with one attached hydrogen (secondary N) is 1. The molecule has 0 bridgehead atoms. The van der Waals surface area contributed by atoms with Crippen molar-refractivity contribution in [2.75, 3.05) is 5.43 Å². The Labute approximate surface area is 146 Å². The Bertz CT molecular complexity index is 821. The largest absolute Gasteiger partial charge is 0.327 e. The van der Waals surface area contributed by atoms with Gasteiger partial charge in [-0.1, -0.05) is 30.3 Å². The Kier molecular flexibility index (Phi) is 3.63. The lowest BCUT2D eigenvalue weighted by Gasteiger charge is -2.33. The number of benzene rings is 1. The number of aromatic nitrogens is 2. The van der Waals surface area contributed by atoms with Crippen molar-refractivity contribution in [2.24, 2.45) is 5.92 Å². The molecule has 2 aromatic rings. The Balaban J connectivity index is 1.55. The monoisotopic (exact) mass is 338 g/mol. The van der Waals surface area contributed by atoms with Crippen molar-refractivity contribution in [3.05, 3.63) is 53.3 Å². The topological polar surface area (TPSA) is 67.2 Å². The third-order valence-corrected chi connectivity index (χ3v) is 5.09. The summed E-state index contributed by atoms with van der Waals surface area (Å²) in [6, 6.07) is 9.76. The van der Waals surface area contributed by atoms with Crippen LogP contribution < -0.4 is 5.43 Å². The van der Waals surface area contributed by atoms with Gasteiger partial charge in [0.25, 0.3) is 0 Å². The van der Waals surface area contributed by atoms with E-state index in [1.807, 2.05) is 49.1 Å². The Morgan fingerprint density at radius 3 is 2.64 bits per heavy atom. The summed E-state index contributed by atoms with van der Waals surface area (Å²) in [6.07, 6.45) is 4.01. The second kappa shape index (κ2) is 5.72. The number of carbonyl (C=O) groups excluding carboxylic acids is 2. The summed E-state index contributed by atoms with van der Waals surface area (Å²) < 4.78 is 0. The van der Waals surface area contributed by atoms with Crippen LogP contribution >= 0.6 is 0 Å². The molecule has 1 aromatic carbocycles. The van der Waals surface area contributed by atoms with E-state index < -0.39 is 5.54 Å². The molecule has 0 radical (unpaired) electrons. The number of amides is 2. The van der Waals surface area contributed by atoms with Crippen LogP contribution in [0, 0.1) is 5.92 Å². The van der Waals surface area contributed by atoms with Gasteiger partial charge >= 0.3 is 0 Å². The highest BCUT2D eigenvalue weighted by molar-refractivity contribution is 5.88. The highest BCUT2D eigenvalue weighted by Gasteiger charge is 2.44. The molecule has 1 saturated carbocycles. The molecule has 1 aliphatic heterocycles. The minimum Gasteiger partial charge on any atom is -0.327 e. The van der Waals surface area contributed by atoms with Gasteiger partial charge in [-0.3, -0.25) is 9.59 Å². The molecule has 2 heterocycles. The van der Waals surface area contributed by atoms with E-state index in [-0.39, 0.29) is 17.7 Å². The second-order valence-electron chi connectivity index (χ2n) is 7.38. The minimum atomic E-state index is -0.519. The maximum absolute atomic E-state index is 12.9. The lowest BCUT2D eigenvalue weighted by Crippen LogP contribution is -2.43. The summed E-state index contributed by atoms with van der Waals surface area (Å²) in [5.74, 6) is 0.198. The molecule has 0 unspecified atom stereocenters.